The van der Waals surface area contributed by atoms with Crippen LogP contribution in [-0.4, -0.2) is 22.8 Å². The zero-order valence-electron chi connectivity index (χ0n) is 13.1. The molecule has 0 atom stereocenters. The smallest absolute Gasteiger partial charge is 0.189 e. The lowest BCUT2D eigenvalue weighted by Crippen LogP contribution is -2.08. The number of methoxy groups -OCH3 is 1. The number of hydrogen-bond donors (Lipinski definition) is 1. The van der Waals surface area contributed by atoms with Crippen molar-refractivity contribution in [1.82, 2.24) is 9.97 Å². The van der Waals surface area contributed by atoms with Gasteiger partial charge in [0, 0.05) is 11.8 Å². The maximum absolute atomic E-state index is 9.25. The summed E-state index contributed by atoms with van der Waals surface area (Å²) in [5, 5.41) is 9.82. The van der Waals surface area contributed by atoms with E-state index >= 15 is 0 Å². The maximum Gasteiger partial charge on any atom is 0.189 e. The van der Waals surface area contributed by atoms with Crippen LogP contribution in [0.5, 0.6) is 11.5 Å². The van der Waals surface area contributed by atoms with Crippen LogP contribution < -0.4 is 15.2 Å². The van der Waals surface area contributed by atoms with E-state index in [1.807, 2.05) is 24.3 Å². The van der Waals surface area contributed by atoms with Gasteiger partial charge in [0.2, 0.25) is 0 Å². The molecule has 23 heavy (non-hydrogen) atoms. The van der Waals surface area contributed by atoms with E-state index in [1.165, 1.54) is 11.8 Å². The van der Waals surface area contributed by atoms with Crippen molar-refractivity contribution >= 4 is 17.6 Å². The number of anilines is 1. The fraction of sp³-hybridized carbons (Fsp3) is 0.312. The molecule has 7 heteroatoms. The third kappa shape index (κ3) is 4.50. The molecule has 0 radical (unpaired) electrons. The van der Waals surface area contributed by atoms with Gasteiger partial charge in [-0.15, -0.1) is 0 Å². The monoisotopic (exact) mass is 330 g/mol. The number of nitrogen functional groups attached to an aromatic ring is 1. The highest BCUT2D eigenvalue weighted by Crippen LogP contribution is 2.23. The maximum atomic E-state index is 9.25. The Bertz CT molecular complexity index is 716. The lowest BCUT2D eigenvalue weighted by atomic mass is 10.2. The van der Waals surface area contributed by atoms with Crippen molar-refractivity contribution < 1.29 is 9.47 Å². The predicted octanol–water partition coefficient (Wildman–Crippen LogP) is 3.02. The molecule has 0 fully saturated rings. The number of nitriles is 1. The molecule has 0 unspecified atom stereocenters. The van der Waals surface area contributed by atoms with E-state index in [-0.39, 0.29) is 18.0 Å². The second-order valence-electron chi connectivity index (χ2n) is 4.64. The van der Waals surface area contributed by atoms with Crippen molar-refractivity contribution in [2.75, 3.05) is 18.6 Å². The molecule has 120 valence electrons. The molecule has 2 N–H and O–H groups in total. The molecule has 1 aromatic heterocycles. The van der Waals surface area contributed by atoms with E-state index in [0.29, 0.717) is 22.3 Å². The summed E-state index contributed by atoms with van der Waals surface area (Å²) in [5.74, 6) is 2.41. The van der Waals surface area contributed by atoms with Gasteiger partial charge in [-0.3, -0.25) is 0 Å². The van der Waals surface area contributed by atoms with E-state index in [1.54, 1.807) is 13.2 Å². The third-order valence-electron chi connectivity index (χ3n) is 2.96. The van der Waals surface area contributed by atoms with Gasteiger partial charge < -0.3 is 15.2 Å². The van der Waals surface area contributed by atoms with Crippen LogP contribution in [0, 0.1) is 11.3 Å². The quantitative estimate of drug-likeness (QED) is 0.616. The van der Waals surface area contributed by atoms with Crippen LogP contribution in [0.4, 0.5) is 5.82 Å². The molecule has 0 amide bonds. The zero-order valence-corrected chi connectivity index (χ0v) is 13.9. The molecule has 2 rings (SSSR count). The highest BCUT2D eigenvalue weighted by Gasteiger charge is 2.13. The average molecular weight is 330 g/mol. The van der Waals surface area contributed by atoms with E-state index in [4.69, 9.17) is 15.2 Å². The molecule has 2 aromatic rings. The lowest BCUT2D eigenvalue weighted by molar-refractivity contribution is 0.297. The fourth-order valence-corrected chi connectivity index (χ4v) is 2.55. The Labute approximate surface area is 139 Å². The summed E-state index contributed by atoms with van der Waals surface area (Å²) >= 11 is 1.51. The van der Waals surface area contributed by atoms with Gasteiger partial charge in [0.05, 0.1) is 7.11 Å². The van der Waals surface area contributed by atoms with Crippen LogP contribution in [0.2, 0.25) is 0 Å². The first-order valence-electron chi connectivity index (χ1n) is 7.14. The average Bonchev–Trinajstić information content (AvgIpc) is 2.58. The van der Waals surface area contributed by atoms with E-state index in [2.05, 4.69) is 16.9 Å². The Morgan fingerprint density at radius 1 is 1.30 bits per heavy atom. The van der Waals surface area contributed by atoms with Crippen molar-refractivity contribution in [3.05, 3.63) is 35.5 Å². The Kier molecular flexibility index (Phi) is 6.06. The summed E-state index contributed by atoms with van der Waals surface area (Å²) in [6.07, 6.45) is 1.00. The molecule has 0 bridgehead atoms. The van der Waals surface area contributed by atoms with Gasteiger partial charge in [-0.1, -0.05) is 24.8 Å². The summed E-state index contributed by atoms with van der Waals surface area (Å²) in [6, 6.07) is 9.28. The number of aromatic nitrogens is 2. The van der Waals surface area contributed by atoms with Gasteiger partial charge in [0.15, 0.2) is 5.16 Å². The summed E-state index contributed by atoms with van der Waals surface area (Å²) in [7, 11) is 1.59. The van der Waals surface area contributed by atoms with E-state index in [9.17, 15) is 5.26 Å². The van der Waals surface area contributed by atoms with Crippen molar-refractivity contribution in [3.8, 4) is 17.6 Å². The van der Waals surface area contributed by atoms with Crippen LogP contribution in [0.25, 0.3) is 0 Å². The van der Waals surface area contributed by atoms with Gasteiger partial charge in [-0.2, -0.15) is 5.26 Å². The molecule has 1 heterocycles. The molecule has 0 aliphatic rings. The third-order valence-corrected chi connectivity index (χ3v) is 4.01. The lowest BCUT2D eigenvalue weighted by Gasteiger charge is -2.10. The molecular formula is C16H18N4O2S. The normalized spacial score (nSPS) is 10.1. The topological polar surface area (TPSA) is 94.0 Å². The first-order chi connectivity index (χ1) is 11.2. The first kappa shape index (κ1) is 16.9. The number of rotatable bonds is 7. The number of thioether (sulfide) groups is 1. The highest BCUT2D eigenvalue weighted by atomic mass is 32.2. The molecule has 0 aliphatic carbocycles. The molecule has 6 nitrogen and oxygen atoms in total. The number of hydrogen-bond acceptors (Lipinski definition) is 7. The van der Waals surface area contributed by atoms with Crippen molar-refractivity contribution in [3.63, 3.8) is 0 Å². The second-order valence-corrected chi connectivity index (χ2v) is 5.70. The van der Waals surface area contributed by atoms with Crippen LogP contribution in [0.3, 0.4) is 0 Å². The molecular weight excluding hydrogens is 312 g/mol. The largest absolute Gasteiger partial charge is 0.497 e. The molecule has 0 spiro atoms. The van der Waals surface area contributed by atoms with E-state index in [0.717, 1.165) is 12.2 Å². The summed E-state index contributed by atoms with van der Waals surface area (Å²) < 4.78 is 10.9. The van der Waals surface area contributed by atoms with Crippen LogP contribution >= 0.6 is 11.8 Å². The second kappa shape index (κ2) is 8.25. The Balaban J connectivity index is 2.19. The van der Waals surface area contributed by atoms with Gasteiger partial charge in [0.25, 0.3) is 0 Å². The molecule has 0 saturated carbocycles. The minimum atomic E-state index is 0.141. The van der Waals surface area contributed by atoms with Gasteiger partial charge in [-0.05, 0) is 18.6 Å². The predicted molar refractivity (Wildman–Crippen MR) is 89.5 cm³/mol. The minimum Gasteiger partial charge on any atom is -0.497 e. The Hall–Kier alpha value is -2.46. The highest BCUT2D eigenvalue weighted by molar-refractivity contribution is 7.99. The van der Waals surface area contributed by atoms with Gasteiger partial charge in [0.1, 0.15) is 41.3 Å². The van der Waals surface area contributed by atoms with Crippen molar-refractivity contribution in [1.29, 1.82) is 5.26 Å². The minimum absolute atomic E-state index is 0.141. The summed E-state index contributed by atoms with van der Waals surface area (Å²) in [5.41, 5.74) is 6.60. The van der Waals surface area contributed by atoms with E-state index < -0.39 is 0 Å². The number of nitrogens with zero attached hydrogens (tertiary/aromatic N) is 3. The SMILES string of the molecule is CCCSc1nc(N)c(C#N)c(COc2cccc(OC)c2)n1. The number of ether oxygens (including phenoxy) is 2. The van der Waals surface area contributed by atoms with Crippen molar-refractivity contribution in [2.24, 2.45) is 0 Å². The summed E-state index contributed by atoms with van der Waals surface area (Å²) in [6.45, 7) is 2.22. The summed E-state index contributed by atoms with van der Waals surface area (Å²) in [4.78, 5) is 8.55. The molecule has 1 aromatic carbocycles. The Morgan fingerprint density at radius 2 is 2.09 bits per heavy atom. The number of nitrogens with two attached hydrogens (primary N) is 1. The number of benzene rings is 1. The molecule has 0 saturated heterocycles. The molecule has 0 aliphatic heterocycles. The van der Waals surface area contributed by atoms with Crippen LogP contribution in [-0.2, 0) is 6.61 Å². The van der Waals surface area contributed by atoms with Crippen molar-refractivity contribution in [2.45, 2.75) is 25.1 Å². The Morgan fingerprint density at radius 3 is 2.78 bits per heavy atom. The van der Waals surface area contributed by atoms with Gasteiger partial charge in [-0.25, -0.2) is 9.97 Å². The fourth-order valence-electron chi connectivity index (χ4n) is 1.83. The van der Waals surface area contributed by atoms with Gasteiger partial charge >= 0.3 is 0 Å². The van der Waals surface area contributed by atoms with Crippen LogP contribution in [0.1, 0.15) is 24.6 Å². The standard InChI is InChI=1S/C16H18N4O2S/c1-3-7-23-16-19-14(13(9-17)15(18)20-16)10-22-12-6-4-5-11(8-12)21-2/h4-6,8H,3,7,10H2,1-2H3,(H2,18,19,20). The first-order valence-corrected chi connectivity index (χ1v) is 8.12. The van der Waals surface area contributed by atoms with Crippen LogP contribution in [0.15, 0.2) is 29.4 Å². The zero-order chi connectivity index (χ0) is 16.7.